The summed E-state index contributed by atoms with van der Waals surface area (Å²) in [5, 5.41) is 0.202. The molecular formula is C24H12Cl6N2O5. The van der Waals surface area contributed by atoms with Gasteiger partial charge >= 0.3 is 0 Å². The molecule has 3 aromatic carbocycles. The monoisotopic (exact) mass is 618 g/mol. The van der Waals surface area contributed by atoms with Crippen LogP contribution in [0.5, 0.6) is 5.75 Å². The van der Waals surface area contributed by atoms with Crippen LogP contribution in [0.2, 0.25) is 30.1 Å². The van der Waals surface area contributed by atoms with Crippen molar-refractivity contribution in [1.82, 2.24) is 10.0 Å². The van der Waals surface area contributed by atoms with Gasteiger partial charge in [0.1, 0.15) is 12.3 Å². The standard InChI is InChI=1S/C24H12Cl6N2O5/c1-37-12-4-2-3-10(7-12)15(33)9-31(22(34)11-5-6-13(25)14(26)8-11)32-23(35)16-17(24(32)36)19(28)21(30)20(29)18(16)27/h2-8H,9H2,1H3. The molecule has 1 aliphatic heterocycles. The van der Waals surface area contributed by atoms with Gasteiger partial charge in [0.25, 0.3) is 17.7 Å². The van der Waals surface area contributed by atoms with Gasteiger partial charge in [-0.05, 0) is 30.3 Å². The molecule has 0 unspecified atom stereocenters. The molecule has 0 bridgehead atoms. The first kappa shape index (κ1) is 27.5. The first-order valence-electron chi connectivity index (χ1n) is 10.2. The summed E-state index contributed by atoms with van der Waals surface area (Å²) >= 11 is 36.7. The van der Waals surface area contributed by atoms with Gasteiger partial charge in [0.15, 0.2) is 5.78 Å². The van der Waals surface area contributed by atoms with Gasteiger partial charge in [-0.3, -0.25) is 19.2 Å². The Morgan fingerprint density at radius 2 is 1.38 bits per heavy atom. The zero-order chi connectivity index (χ0) is 27.2. The van der Waals surface area contributed by atoms with E-state index in [2.05, 4.69) is 0 Å². The van der Waals surface area contributed by atoms with Crippen LogP contribution in [0.25, 0.3) is 0 Å². The molecule has 0 N–H and O–H groups in total. The third-order valence-electron chi connectivity index (χ3n) is 5.41. The van der Waals surface area contributed by atoms with Crippen molar-refractivity contribution < 1.29 is 23.9 Å². The Bertz CT molecular complexity index is 1460. The van der Waals surface area contributed by atoms with Crippen LogP contribution in [-0.2, 0) is 0 Å². The number of methoxy groups -OCH3 is 1. The molecule has 1 aliphatic rings. The second kappa shape index (κ2) is 10.7. The number of Topliss-reactive ketones (excluding diaryl/α,β-unsaturated/α-hetero) is 1. The van der Waals surface area contributed by atoms with Gasteiger partial charge in [-0.1, -0.05) is 81.7 Å². The lowest BCUT2D eigenvalue weighted by molar-refractivity contribution is 0.00532. The number of amides is 3. The number of benzene rings is 3. The van der Waals surface area contributed by atoms with Crippen molar-refractivity contribution in [3.05, 3.63) is 94.9 Å². The van der Waals surface area contributed by atoms with Crippen LogP contribution in [0.1, 0.15) is 41.4 Å². The molecule has 0 spiro atoms. The molecule has 0 aliphatic carbocycles. The van der Waals surface area contributed by atoms with Gasteiger partial charge < -0.3 is 4.74 Å². The highest BCUT2D eigenvalue weighted by atomic mass is 35.5. The van der Waals surface area contributed by atoms with Crippen LogP contribution in [-0.4, -0.2) is 47.2 Å². The Morgan fingerprint density at radius 1 is 0.784 bits per heavy atom. The Labute approximate surface area is 240 Å². The van der Waals surface area contributed by atoms with Gasteiger partial charge in [-0.2, -0.15) is 5.01 Å². The SMILES string of the molecule is COc1cccc(C(=O)CN(C(=O)c2ccc(Cl)c(Cl)c2)N2C(=O)c3c(Cl)c(Cl)c(Cl)c(Cl)c3C2=O)c1. The first-order chi connectivity index (χ1) is 17.5. The molecule has 4 rings (SSSR count). The Kier molecular flexibility index (Phi) is 7.95. The van der Waals surface area contributed by atoms with E-state index in [-0.39, 0.29) is 52.4 Å². The second-order valence-electron chi connectivity index (χ2n) is 7.57. The number of hydrogen-bond donors (Lipinski definition) is 0. The number of ketones is 1. The van der Waals surface area contributed by atoms with Gasteiger partial charge in [0.2, 0.25) is 0 Å². The highest BCUT2D eigenvalue weighted by Gasteiger charge is 2.46. The van der Waals surface area contributed by atoms with Crippen molar-refractivity contribution in [3.63, 3.8) is 0 Å². The third-order valence-corrected chi connectivity index (χ3v) is 7.95. The van der Waals surface area contributed by atoms with E-state index in [1.54, 1.807) is 12.1 Å². The molecule has 190 valence electrons. The Morgan fingerprint density at radius 3 is 1.92 bits per heavy atom. The number of hydrazine groups is 1. The van der Waals surface area contributed by atoms with E-state index in [1.165, 1.54) is 37.4 Å². The van der Waals surface area contributed by atoms with Gasteiger partial charge in [-0.15, -0.1) is 0 Å². The van der Waals surface area contributed by atoms with Crippen molar-refractivity contribution in [3.8, 4) is 5.75 Å². The lowest BCUT2D eigenvalue weighted by Gasteiger charge is -2.29. The van der Waals surface area contributed by atoms with Crippen molar-refractivity contribution in [2.24, 2.45) is 0 Å². The highest BCUT2D eigenvalue weighted by Crippen LogP contribution is 2.45. The number of carbonyl (C=O) groups is 4. The van der Waals surface area contributed by atoms with Crippen LogP contribution < -0.4 is 4.74 Å². The molecule has 7 nitrogen and oxygen atoms in total. The van der Waals surface area contributed by atoms with E-state index < -0.39 is 30.0 Å². The molecule has 1 heterocycles. The van der Waals surface area contributed by atoms with Gasteiger partial charge in [0.05, 0.1) is 48.4 Å². The average molecular weight is 621 g/mol. The summed E-state index contributed by atoms with van der Waals surface area (Å²) in [6.45, 7) is -0.728. The minimum Gasteiger partial charge on any atom is -0.497 e. The van der Waals surface area contributed by atoms with Crippen LogP contribution >= 0.6 is 69.6 Å². The number of carbonyl (C=O) groups excluding carboxylic acids is 4. The summed E-state index contributed by atoms with van der Waals surface area (Å²) in [6.07, 6.45) is 0. The molecule has 0 fully saturated rings. The molecule has 0 saturated heterocycles. The Hall–Kier alpha value is -2.52. The van der Waals surface area contributed by atoms with Crippen molar-refractivity contribution in [2.45, 2.75) is 0 Å². The number of halogens is 6. The lowest BCUT2D eigenvalue weighted by atomic mass is 10.1. The van der Waals surface area contributed by atoms with Crippen LogP contribution in [0.4, 0.5) is 0 Å². The summed E-state index contributed by atoms with van der Waals surface area (Å²) in [5.41, 5.74) is -0.610. The maximum atomic E-state index is 13.6. The summed E-state index contributed by atoms with van der Waals surface area (Å²) in [6, 6.07) is 10.0. The number of fused-ring (bicyclic) bond motifs is 1. The van der Waals surface area contributed by atoms with E-state index in [9.17, 15) is 19.2 Å². The summed E-state index contributed by atoms with van der Waals surface area (Å²) < 4.78 is 5.14. The minimum atomic E-state index is -1.03. The van der Waals surface area contributed by atoms with Crippen molar-refractivity contribution in [2.75, 3.05) is 13.7 Å². The maximum absolute atomic E-state index is 13.6. The van der Waals surface area contributed by atoms with Crippen LogP contribution in [0.3, 0.4) is 0 Å². The number of nitrogens with zero attached hydrogens (tertiary/aromatic N) is 2. The fraction of sp³-hybridized carbons (Fsp3) is 0.0833. The molecule has 0 radical (unpaired) electrons. The molecule has 3 aromatic rings. The molecule has 0 atom stereocenters. The van der Waals surface area contributed by atoms with E-state index >= 15 is 0 Å². The maximum Gasteiger partial charge on any atom is 0.282 e. The van der Waals surface area contributed by atoms with Crippen LogP contribution in [0, 0.1) is 0 Å². The lowest BCUT2D eigenvalue weighted by Crippen LogP contribution is -2.51. The molecule has 0 saturated carbocycles. The topological polar surface area (TPSA) is 84.0 Å². The predicted octanol–water partition coefficient (Wildman–Crippen LogP) is 7.15. The van der Waals surface area contributed by atoms with Crippen molar-refractivity contribution in [1.29, 1.82) is 0 Å². The van der Waals surface area contributed by atoms with E-state index in [1.807, 2.05) is 0 Å². The normalized spacial score (nSPS) is 12.6. The number of imide groups is 1. The van der Waals surface area contributed by atoms with Gasteiger partial charge in [-0.25, -0.2) is 5.01 Å². The highest BCUT2D eigenvalue weighted by molar-refractivity contribution is 6.55. The van der Waals surface area contributed by atoms with E-state index in [4.69, 9.17) is 74.3 Å². The van der Waals surface area contributed by atoms with E-state index in [0.29, 0.717) is 15.8 Å². The predicted molar refractivity (Wildman–Crippen MR) is 142 cm³/mol. The minimum absolute atomic E-state index is 0.0404. The van der Waals surface area contributed by atoms with E-state index in [0.717, 1.165) is 0 Å². The van der Waals surface area contributed by atoms with Crippen molar-refractivity contribution >= 4 is 93.1 Å². The quantitative estimate of drug-likeness (QED) is 0.126. The number of ether oxygens (including phenoxy) is 1. The molecule has 37 heavy (non-hydrogen) atoms. The molecule has 3 amide bonds. The fourth-order valence-corrected chi connectivity index (χ4v) is 4.90. The number of hydrogen-bond acceptors (Lipinski definition) is 5. The second-order valence-corrected chi connectivity index (χ2v) is 9.90. The average Bonchev–Trinajstić information content (AvgIpc) is 3.15. The zero-order valence-corrected chi connectivity index (χ0v) is 23.0. The Balaban J connectivity index is 1.83. The smallest absolute Gasteiger partial charge is 0.282 e. The van der Waals surface area contributed by atoms with Crippen LogP contribution in [0.15, 0.2) is 42.5 Å². The number of rotatable bonds is 6. The summed E-state index contributed by atoms with van der Waals surface area (Å²) in [5.74, 6) is -3.20. The summed E-state index contributed by atoms with van der Waals surface area (Å²) in [4.78, 5) is 53.7. The molecular weight excluding hydrogens is 609 g/mol. The largest absolute Gasteiger partial charge is 0.497 e. The van der Waals surface area contributed by atoms with Gasteiger partial charge in [0, 0.05) is 11.1 Å². The fourth-order valence-electron chi connectivity index (χ4n) is 3.59. The first-order valence-corrected chi connectivity index (χ1v) is 12.4. The summed E-state index contributed by atoms with van der Waals surface area (Å²) in [7, 11) is 1.42. The third kappa shape index (κ3) is 4.88. The zero-order valence-electron chi connectivity index (χ0n) is 18.5. The molecule has 0 aromatic heterocycles. The molecule has 13 heteroatoms.